The molecule has 1 fully saturated rings. The third-order valence-corrected chi connectivity index (χ3v) is 3.99. The predicted octanol–water partition coefficient (Wildman–Crippen LogP) is 2.51. The number of phenols is 1. The van der Waals surface area contributed by atoms with Crippen molar-refractivity contribution in [2.45, 2.75) is 32.2 Å². The van der Waals surface area contributed by atoms with Gasteiger partial charge in [-0.05, 0) is 43.5 Å². The summed E-state index contributed by atoms with van der Waals surface area (Å²) in [5.41, 5.74) is 0.493. The van der Waals surface area contributed by atoms with Crippen molar-refractivity contribution in [2.24, 2.45) is 11.8 Å². The molecule has 1 aromatic rings. The highest BCUT2D eigenvalue weighted by Gasteiger charge is 2.30. The standard InChI is InChI=1S/C15H20FNO3/c16-12-5-6-14(18)11(7-12)9-17-8-10-3-1-2-4-13(10)15(19)20/h5-7,10,13,17-18H,1-4,8-9H2,(H,19,20). The lowest BCUT2D eigenvalue weighted by Gasteiger charge is -2.28. The molecule has 2 atom stereocenters. The Morgan fingerprint density at radius 2 is 2.10 bits per heavy atom. The molecule has 0 radical (unpaired) electrons. The molecule has 2 rings (SSSR count). The first-order chi connectivity index (χ1) is 9.58. The Balaban J connectivity index is 1.88. The maximum absolute atomic E-state index is 13.1. The highest BCUT2D eigenvalue weighted by Crippen LogP contribution is 2.30. The summed E-state index contributed by atoms with van der Waals surface area (Å²) >= 11 is 0. The second kappa shape index (κ2) is 6.70. The van der Waals surface area contributed by atoms with Crippen LogP contribution in [0.15, 0.2) is 18.2 Å². The van der Waals surface area contributed by atoms with E-state index in [9.17, 15) is 19.4 Å². The van der Waals surface area contributed by atoms with E-state index in [1.54, 1.807) is 0 Å². The van der Waals surface area contributed by atoms with Crippen LogP contribution in [0.5, 0.6) is 5.75 Å². The average molecular weight is 281 g/mol. The van der Waals surface area contributed by atoms with Gasteiger partial charge in [0.1, 0.15) is 11.6 Å². The van der Waals surface area contributed by atoms with E-state index in [0.717, 1.165) is 25.7 Å². The number of benzene rings is 1. The second-order valence-electron chi connectivity index (χ2n) is 5.39. The summed E-state index contributed by atoms with van der Waals surface area (Å²) < 4.78 is 13.1. The molecule has 0 heterocycles. The van der Waals surface area contributed by atoms with Crippen LogP contribution in [0.2, 0.25) is 0 Å². The molecule has 20 heavy (non-hydrogen) atoms. The third kappa shape index (κ3) is 3.70. The molecule has 1 aliphatic rings. The zero-order valence-corrected chi connectivity index (χ0v) is 11.3. The summed E-state index contributed by atoms with van der Waals surface area (Å²) in [6.07, 6.45) is 3.66. The van der Waals surface area contributed by atoms with Crippen LogP contribution >= 0.6 is 0 Å². The Morgan fingerprint density at radius 3 is 2.85 bits per heavy atom. The van der Waals surface area contributed by atoms with Gasteiger partial charge in [0.15, 0.2) is 0 Å². The number of hydrogen-bond donors (Lipinski definition) is 3. The van der Waals surface area contributed by atoms with Crippen LogP contribution in [0.1, 0.15) is 31.2 Å². The number of nitrogens with one attached hydrogen (secondary N) is 1. The SMILES string of the molecule is O=C(O)C1CCCCC1CNCc1cc(F)ccc1O. The predicted molar refractivity (Wildman–Crippen MR) is 72.9 cm³/mol. The van der Waals surface area contributed by atoms with E-state index in [-0.39, 0.29) is 23.4 Å². The lowest BCUT2D eigenvalue weighted by Crippen LogP contribution is -2.34. The van der Waals surface area contributed by atoms with E-state index in [0.29, 0.717) is 18.7 Å². The van der Waals surface area contributed by atoms with Crippen LogP contribution in [-0.4, -0.2) is 22.7 Å². The number of aromatic hydroxyl groups is 1. The largest absolute Gasteiger partial charge is 0.508 e. The van der Waals surface area contributed by atoms with Crippen molar-refractivity contribution < 1.29 is 19.4 Å². The van der Waals surface area contributed by atoms with E-state index in [4.69, 9.17) is 0 Å². The van der Waals surface area contributed by atoms with Crippen molar-refractivity contribution in [3.63, 3.8) is 0 Å². The van der Waals surface area contributed by atoms with Gasteiger partial charge in [0.2, 0.25) is 0 Å². The van der Waals surface area contributed by atoms with E-state index >= 15 is 0 Å². The fourth-order valence-corrected chi connectivity index (χ4v) is 2.86. The van der Waals surface area contributed by atoms with Crippen molar-refractivity contribution in [1.82, 2.24) is 5.32 Å². The third-order valence-electron chi connectivity index (χ3n) is 3.99. The van der Waals surface area contributed by atoms with Crippen LogP contribution in [0.3, 0.4) is 0 Å². The van der Waals surface area contributed by atoms with Gasteiger partial charge < -0.3 is 15.5 Å². The topological polar surface area (TPSA) is 69.6 Å². The van der Waals surface area contributed by atoms with Crippen LogP contribution in [0.4, 0.5) is 4.39 Å². The maximum atomic E-state index is 13.1. The molecule has 4 nitrogen and oxygen atoms in total. The van der Waals surface area contributed by atoms with E-state index in [2.05, 4.69) is 5.32 Å². The highest BCUT2D eigenvalue weighted by molar-refractivity contribution is 5.70. The molecule has 1 aromatic carbocycles. The molecule has 0 amide bonds. The maximum Gasteiger partial charge on any atom is 0.306 e. The minimum Gasteiger partial charge on any atom is -0.508 e. The van der Waals surface area contributed by atoms with Gasteiger partial charge in [0.25, 0.3) is 0 Å². The number of aliphatic carboxylic acids is 1. The molecule has 2 unspecified atom stereocenters. The molecule has 0 bridgehead atoms. The first kappa shape index (κ1) is 14.8. The Kier molecular flexibility index (Phi) is 4.95. The highest BCUT2D eigenvalue weighted by atomic mass is 19.1. The van der Waals surface area contributed by atoms with Crippen molar-refractivity contribution >= 4 is 5.97 Å². The summed E-state index contributed by atoms with van der Waals surface area (Å²) in [5.74, 6) is -1.25. The number of hydrogen-bond acceptors (Lipinski definition) is 3. The first-order valence-electron chi connectivity index (χ1n) is 6.99. The number of rotatable bonds is 5. The Hall–Kier alpha value is -1.62. The van der Waals surface area contributed by atoms with Crippen molar-refractivity contribution in [2.75, 3.05) is 6.54 Å². The molecule has 0 spiro atoms. The molecule has 3 N–H and O–H groups in total. The summed E-state index contributed by atoms with van der Waals surface area (Å²) in [6, 6.07) is 3.82. The number of carbonyl (C=O) groups is 1. The number of halogens is 1. The Morgan fingerprint density at radius 1 is 1.35 bits per heavy atom. The molecular weight excluding hydrogens is 261 g/mol. The molecule has 0 aliphatic heterocycles. The summed E-state index contributed by atoms with van der Waals surface area (Å²) in [4.78, 5) is 11.2. The van der Waals surface area contributed by atoms with Gasteiger partial charge in [-0.25, -0.2) is 4.39 Å². The smallest absolute Gasteiger partial charge is 0.306 e. The molecular formula is C15H20FNO3. The quantitative estimate of drug-likeness (QED) is 0.775. The van der Waals surface area contributed by atoms with E-state index in [1.807, 2.05) is 0 Å². The zero-order valence-electron chi connectivity index (χ0n) is 11.3. The van der Waals surface area contributed by atoms with Gasteiger partial charge >= 0.3 is 5.97 Å². The number of carboxylic acids is 1. The first-order valence-corrected chi connectivity index (χ1v) is 6.99. The van der Waals surface area contributed by atoms with Gasteiger partial charge in [-0.1, -0.05) is 12.8 Å². The van der Waals surface area contributed by atoms with Gasteiger partial charge in [-0.15, -0.1) is 0 Å². The summed E-state index contributed by atoms with van der Waals surface area (Å²) in [5, 5.41) is 21.9. The summed E-state index contributed by atoms with van der Waals surface area (Å²) in [6.45, 7) is 0.916. The Labute approximate surface area is 117 Å². The van der Waals surface area contributed by atoms with Crippen LogP contribution in [-0.2, 0) is 11.3 Å². The summed E-state index contributed by atoms with van der Waals surface area (Å²) in [7, 11) is 0. The fourth-order valence-electron chi connectivity index (χ4n) is 2.86. The minimum atomic E-state index is -0.731. The van der Waals surface area contributed by atoms with E-state index < -0.39 is 5.97 Å². The van der Waals surface area contributed by atoms with Crippen molar-refractivity contribution in [3.8, 4) is 5.75 Å². The second-order valence-corrected chi connectivity index (χ2v) is 5.39. The van der Waals surface area contributed by atoms with Gasteiger partial charge in [0, 0.05) is 12.1 Å². The average Bonchev–Trinajstić information content (AvgIpc) is 2.43. The van der Waals surface area contributed by atoms with Crippen molar-refractivity contribution in [1.29, 1.82) is 0 Å². The molecule has 1 aliphatic carbocycles. The van der Waals surface area contributed by atoms with Crippen LogP contribution in [0.25, 0.3) is 0 Å². The zero-order chi connectivity index (χ0) is 14.5. The molecule has 0 aromatic heterocycles. The monoisotopic (exact) mass is 281 g/mol. The minimum absolute atomic E-state index is 0.0531. The van der Waals surface area contributed by atoms with E-state index in [1.165, 1.54) is 18.2 Å². The fraction of sp³-hybridized carbons (Fsp3) is 0.533. The van der Waals surface area contributed by atoms with Crippen LogP contribution < -0.4 is 5.32 Å². The van der Waals surface area contributed by atoms with Gasteiger partial charge in [-0.3, -0.25) is 4.79 Å². The Bertz CT molecular complexity index is 478. The normalized spacial score (nSPS) is 22.6. The lowest BCUT2D eigenvalue weighted by molar-refractivity contribution is -0.144. The molecule has 5 heteroatoms. The molecule has 110 valence electrons. The van der Waals surface area contributed by atoms with Crippen LogP contribution in [0, 0.1) is 17.7 Å². The van der Waals surface area contributed by atoms with Gasteiger partial charge in [0.05, 0.1) is 5.92 Å². The molecule has 0 saturated heterocycles. The molecule has 1 saturated carbocycles. The lowest BCUT2D eigenvalue weighted by atomic mass is 9.79. The number of phenolic OH excluding ortho intramolecular Hbond substituents is 1. The van der Waals surface area contributed by atoms with Gasteiger partial charge in [-0.2, -0.15) is 0 Å². The number of carboxylic acid groups (broad SMARTS) is 1. The van der Waals surface area contributed by atoms with Crippen molar-refractivity contribution in [3.05, 3.63) is 29.6 Å².